The molecule has 0 fully saturated rings. The molecular weight excluding hydrogens is 126 g/mol. The predicted molar refractivity (Wildman–Crippen MR) is 18.8 cm³/mol. The maximum atomic E-state index is 8.11. The largest absolute Gasteiger partial charge is 1.00 e. The minimum absolute atomic E-state index is 0. The van der Waals surface area contributed by atoms with Crippen molar-refractivity contribution >= 4 is 0 Å². The third kappa shape index (κ3) is 19.0. The number of hydrogen-bond acceptors (Lipinski definition) is 2. The molecule has 0 radical (unpaired) electrons. The molecule has 2 nitrogen and oxygen atoms in total. The Balaban J connectivity index is -0.0000000800. The molecule has 0 saturated carbocycles. The first-order chi connectivity index (χ1) is 2.27. The summed E-state index contributed by atoms with van der Waals surface area (Å²) in [7, 11) is 0. The quantitative estimate of drug-likeness (QED) is 0.350. The summed E-state index contributed by atoms with van der Waals surface area (Å²) < 4.78 is 0. The van der Waals surface area contributed by atoms with Crippen molar-refractivity contribution in [1.82, 2.24) is 0 Å². The zero-order valence-electron chi connectivity index (χ0n) is 4.56. The number of aliphatic hydroxyl groups excluding tert-OH is 2. The van der Waals surface area contributed by atoms with Gasteiger partial charge in [-0.3, -0.25) is 0 Å². The van der Waals surface area contributed by atoms with Crippen LogP contribution in [0.25, 0.3) is 0 Å². The second kappa shape index (κ2) is 10.2. The van der Waals surface area contributed by atoms with Gasteiger partial charge < -0.3 is 22.6 Å². The van der Waals surface area contributed by atoms with Crippen LogP contribution in [0.15, 0.2) is 0 Å². The Morgan fingerprint density at radius 1 is 1.57 bits per heavy atom. The monoisotopic (exact) mass is 134 g/mol. The number of hydrogen-bond donors (Lipinski definition) is 2. The summed E-state index contributed by atoms with van der Waals surface area (Å²) >= 11 is 0. The SMILES string of the molecule is CC(O)CO.[Cl-].[Na+]. The Kier molecular flexibility index (Phi) is 23.0. The van der Waals surface area contributed by atoms with Crippen molar-refractivity contribution in [2.45, 2.75) is 13.0 Å². The molecule has 0 aromatic carbocycles. The van der Waals surface area contributed by atoms with Gasteiger partial charge in [-0.25, -0.2) is 0 Å². The first-order valence-corrected chi connectivity index (χ1v) is 1.56. The fourth-order valence-electron chi connectivity index (χ4n) is 0. The molecule has 2 N–H and O–H groups in total. The molecule has 0 saturated heterocycles. The van der Waals surface area contributed by atoms with Crippen molar-refractivity contribution in [3.05, 3.63) is 0 Å². The molecule has 0 aliphatic carbocycles. The Hall–Kier alpha value is 1.21. The smallest absolute Gasteiger partial charge is 1.00 e. The number of halogens is 1. The molecule has 0 amide bonds. The van der Waals surface area contributed by atoms with Gasteiger partial charge in [0.15, 0.2) is 0 Å². The van der Waals surface area contributed by atoms with Crippen LogP contribution < -0.4 is 42.0 Å². The number of rotatable bonds is 1. The van der Waals surface area contributed by atoms with Gasteiger partial charge in [0.05, 0.1) is 12.7 Å². The van der Waals surface area contributed by atoms with Gasteiger partial charge in [0.1, 0.15) is 0 Å². The minimum atomic E-state index is -0.560. The second-order valence-electron chi connectivity index (χ2n) is 1.03. The van der Waals surface area contributed by atoms with Crippen LogP contribution in [0.5, 0.6) is 0 Å². The fourth-order valence-corrected chi connectivity index (χ4v) is 0. The van der Waals surface area contributed by atoms with Crippen LogP contribution in [0.1, 0.15) is 6.92 Å². The molecule has 1 atom stereocenters. The van der Waals surface area contributed by atoms with Gasteiger partial charge in [-0.1, -0.05) is 0 Å². The molecule has 0 heterocycles. The van der Waals surface area contributed by atoms with E-state index in [1.165, 1.54) is 6.92 Å². The Bertz CT molecular complexity index is 26.9. The molecule has 40 valence electrons. The van der Waals surface area contributed by atoms with Crippen molar-refractivity contribution in [3.63, 3.8) is 0 Å². The van der Waals surface area contributed by atoms with Crippen molar-refractivity contribution in [1.29, 1.82) is 0 Å². The third-order valence-corrected chi connectivity index (χ3v) is 0.264. The van der Waals surface area contributed by atoms with Crippen LogP contribution in [0.2, 0.25) is 0 Å². The van der Waals surface area contributed by atoms with E-state index in [2.05, 4.69) is 0 Å². The summed E-state index contributed by atoms with van der Waals surface area (Å²) in [5.41, 5.74) is 0. The van der Waals surface area contributed by atoms with Crippen molar-refractivity contribution in [2.75, 3.05) is 6.61 Å². The second-order valence-corrected chi connectivity index (χ2v) is 1.03. The van der Waals surface area contributed by atoms with E-state index in [1.807, 2.05) is 0 Å². The first kappa shape index (κ1) is 15.7. The van der Waals surface area contributed by atoms with Gasteiger partial charge in [-0.15, -0.1) is 0 Å². The van der Waals surface area contributed by atoms with Crippen molar-refractivity contribution < 1.29 is 52.2 Å². The normalized spacial score (nSPS) is 10.7. The maximum absolute atomic E-state index is 8.11. The van der Waals surface area contributed by atoms with Crippen LogP contribution in [0.4, 0.5) is 0 Å². The summed E-state index contributed by atoms with van der Waals surface area (Å²) in [5, 5.41) is 16.0. The molecule has 0 aromatic heterocycles. The molecule has 0 aliphatic heterocycles. The maximum Gasteiger partial charge on any atom is 1.00 e. The topological polar surface area (TPSA) is 40.5 Å². The average molecular weight is 135 g/mol. The molecule has 0 aromatic rings. The third-order valence-electron chi connectivity index (χ3n) is 0.264. The van der Waals surface area contributed by atoms with E-state index in [9.17, 15) is 0 Å². The Morgan fingerprint density at radius 3 is 1.71 bits per heavy atom. The van der Waals surface area contributed by atoms with E-state index in [1.54, 1.807) is 0 Å². The number of aliphatic hydroxyl groups is 2. The zero-order chi connectivity index (χ0) is 4.28. The van der Waals surface area contributed by atoms with Crippen LogP contribution in [-0.2, 0) is 0 Å². The summed E-state index contributed by atoms with van der Waals surface area (Å²) in [5.74, 6) is 0. The van der Waals surface area contributed by atoms with E-state index in [0.29, 0.717) is 0 Å². The van der Waals surface area contributed by atoms with Crippen molar-refractivity contribution in [2.24, 2.45) is 0 Å². The van der Waals surface area contributed by atoms with Crippen molar-refractivity contribution in [3.8, 4) is 0 Å². The first-order valence-electron chi connectivity index (χ1n) is 1.56. The summed E-state index contributed by atoms with van der Waals surface area (Å²) in [6.07, 6.45) is -0.560. The van der Waals surface area contributed by atoms with E-state index < -0.39 is 6.10 Å². The average Bonchev–Trinajstić information content (AvgIpc) is 1.38. The Morgan fingerprint density at radius 2 is 1.71 bits per heavy atom. The standard InChI is InChI=1S/C3H8O2.ClH.Na/c1-3(5)2-4;;/h3-5H,2H2,1H3;1H;/q;;+1/p-1. The van der Waals surface area contributed by atoms with Crippen LogP contribution in [0, 0.1) is 0 Å². The van der Waals surface area contributed by atoms with Crippen LogP contribution >= 0.6 is 0 Å². The summed E-state index contributed by atoms with van der Waals surface area (Å²) in [6.45, 7) is 1.39. The molecular formula is C3H8ClNaO2. The van der Waals surface area contributed by atoms with Gasteiger partial charge in [-0.05, 0) is 6.92 Å². The zero-order valence-corrected chi connectivity index (χ0v) is 7.31. The van der Waals surface area contributed by atoms with E-state index >= 15 is 0 Å². The summed E-state index contributed by atoms with van der Waals surface area (Å²) in [4.78, 5) is 0. The fraction of sp³-hybridized carbons (Fsp3) is 1.00. The molecule has 1 unspecified atom stereocenters. The summed E-state index contributed by atoms with van der Waals surface area (Å²) in [6, 6.07) is 0. The van der Waals surface area contributed by atoms with Gasteiger partial charge in [-0.2, -0.15) is 0 Å². The predicted octanol–water partition coefficient (Wildman–Crippen LogP) is -6.63. The van der Waals surface area contributed by atoms with Gasteiger partial charge in [0.2, 0.25) is 0 Å². The van der Waals surface area contributed by atoms with E-state index in [-0.39, 0.29) is 48.6 Å². The van der Waals surface area contributed by atoms with Crippen LogP contribution in [0.3, 0.4) is 0 Å². The van der Waals surface area contributed by atoms with Gasteiger partial charge in [0.25, 0.3) is 0 Å². The van der Waals surface area contributed by atoms with E-state index in [4.69, 9.17) is 10.2 Å². The van der Waals surface area contributed by atoms with E-state index in [0.717, 1.165) is 0 Å². The molecule has 0 rings (SSSR count). The Labute approximate surface area is 71.6 Å². The molecule has 0 spiro atoms. The minimum Gasteiger partial charge on any atom is -1.00 e. The van der Waals surface area contributed by atoms with Gasteiger partial charge >= 0.3 is 29.6 Å². The van der Waals surface area contributed by atoms with Crippen LogP contribution in [-0.4, -0.2) is 22.9 Å². The van der Waals surface area contributed by atoms with Gasteiger partial charge in [0, 0.05) is 0 Å². The molecule has 4 heteroatoms. The molecule has 7 heavy (non-hydrogen) atoms. The molecule has 0 bridgehead atoms. The molecule has 0 aliphatic rings.